The molecule has 7 nitrogen and oxygen atoms in total. The van der Waals surface area contributed by atoms with Gasteiger partial charge in [0.2, 0.25) is 0 Å². The summed E-state index contributed by atoms with van der Waals surface area (Å²) in [6, 6.07) is 7.51. The second-order valence-electron chi connectivity index (χ2n) is 9.61. The van der Waals surface area contributed by atoms with E-state index in [0.717, 1.165) is 18.7 Å². The van der Waals surface area contributed by atoms with Crippen LogP contribution in [0.5, 0.6) is 0 Å². The number of rotatable bonds is 7. The van der Waals surface area contributed by atoms with Crippen molar-refractivity contribution in [1.29, 1.82) is 0 Å². The minimum atomic E-state index is -0.749. The quantitative estimate of drug-likeness (QED) is 0.593. The highest BCUT2D eigenvalue weighted by atomic mass is 35.5. The third kappa shape index (κ3) is 7.98. The molecule has 0 aromatic heterocycles. The van der Waals surface area contributed by atoms with Crippen molar-refractivity contribution in [3.8, 4) is 0 Å². The van der Waals surface area contributed by atoms with E-state index < -0.39 is 17.7 Å². The molecule has 2 amide bonds. The SMILES string of the molecule is CC(C)(C)OC(=O)N[C@H](Cc1ccc(Cl)cc1)C(=O)NN1CC(NC2CCCCC2)C1. The summed E-state index contributed by atoms with van der Waals surface area (Å²) in [5.41, 5.74) is 3.21. The minimum absolute atomic E-state index is 0.253. The Morgan fingerprint density at radius 1 is 1.10 bits per heavy atom. The molecule has 1 saturated heterocycles. The molecule has 172 valence electrons. The van der Waals surface area contributed by atoms with Gasteiger partial charge in [0.15, 0.2) is 0 Å². The fourth-order valence-corrected chi connectivity index (χ4v) is 4.15. The van der Waals surface area contributed by atoms with Crippen LogP contribution >= 0.6 is 11.6 Å². The number of carbonyl (C=O) groups excluding carboxylic acids is 2. The van der Waals surface area contributed by atoms with Crippen molar-refractivity contribution < 1.29 is 14.3 Å². The van der Waals surface area contributed by atoms with Gasteiger partial charge < -0.3 is 15.4 Å². The van der Waals surface area contributed by atoms with Crippen molar-refractivity contribution in [1.82, 2.24) is 21.1 Å². The molecule has 1 atom stereocenters. The van der Waals surface area contributed by atoms with E-state index >= 15 is 0 Å². The number of benzene rings is 1. The number of nitrogens with one attached hydrogen (secondary N) is 3. The van der Waals surface area contributed by atoms with Crippen molar-refractivity contribution in [2.45, 2.75) is 83.0 Å². The number of nitrogens with zero attached hydrogens (tertiary/aromatic N) is 1. The molecule has 1 aromatic rings. The zero-order valence-corrected chi connectivity index (χ0v) is 19.5. The first kappa shape index (κ1) is 23.8. The highest BCUT2D eigenvalue weighted by Gasteiger charge is 2.32. The topological polar surface area (TPSA) is 82.7 Å². The van der Waals surface area contributed by atoms with E-state index in [0.29, 0.717) is 23.5 Å². The Hall–Kier alpha value is -1.83. The summed E-state index contributed by atoms with van der Waals surface area (Å²) in [5, 5.41) is 8.94. The third-order valence-corrected chi connectivity index (χ3v) is 5.84. The van der Waals surface area contributed by atoms with Crippen LogP contribution in [0, 0.1) is 0 Å². The molecule has 0 unspecified atom stereocenters. The van der Waals surface area contributed by atoms with Crippen LogP contribution in [0.3, 0.4) is 0 Å². The van der Waals surface area contributed by atoms with Gasteiger partial charge in [0.1, 0.15) is 11.6 Å². The Labute approximate surface area is 190 Å². The fraction of sp³-hybridized carbons (Fsp3) is 0.652. The number of hydrogen-bond acceptors (Lipinski definition) is 5. The lowest BCUT2D eigenvalue weighted by atomic mass is 9.94. The van der Waals surface area contributed by atoms with Gasteiger partial charge in [-0.2, -0.15) is 0 Å². The van der Waals surface area contributed by atoms with Crippen LogP contribution in [0.15, 0.2) is 24.3 Å². The van der Waals surface area contributed by atoms with Crippen molar-refractivity contribution in [2.24, 2.45) is 0 Å². The summed E-state index contributed by atoms with van der Waals surface area (Å²) in [5.74, 6) is -0.253. The lowest BCUT2D eigenvalue weighted by molar-refractivity contribution is -0.130. The predicted molar refractivity (Wildman–Crippen MR) is 122 cm³/mol. The van der Waals surface area contributed by atoms with Crippen LogP contribution in [0.25, 0.3) is 0 Å². The van der Waals surface area contributed by atoms with Crippen molar-refractivity contribution in [3.63, 3.8) is 0 Å². The first-order valence-corrected chi connectivity index (χ1v) is 11.6. The number of ether oxygens (including phenoxy) is 1. The number of halogens is 1. The molecule has 1 aromatic carbocycles. The van der Waals surface area contributed by atoms with Gasteiger partial charge >= 0.3 is 6.09 Å². The standard InChI is InChI=1S/C23H35ClN4O3/c1-23(2,3)31-22(30)26-20(13-16-9-11-17(24)12-10-16)21(29)27-28-14-19(15-28)25-18-7-5-4-6-8-18/h9-12,18-20,25H,4-8,13-15H2,1-3H3,(H,26,30)(H,27,29)/t20-/m1/s1. The molecule has 3 rings (SSSR count). The minimum Gasteiger partial charge on any atom is -0.444 e. The van der Waals surface area contributed by atoms with Gasteiger partial charge in [0, 0.05) is 36.6 Å². The number of alkyl carbamates (subject to hydrolysis) is 1. The number of carbonyl (C=O) groups is 2. The molecule has 1 aliphatic carbocycles. The Bertz CT molecular complexity index is 738. The number of hydrogen-bond donors (Lipinski definition) is 3. The summed E-state index contributed by atoms with van der Waals surface area (Å²) in [7, 11) is 0. The Kier molecular flexibility index (Phi) is 8.19. The first-order chi connectivity index (χ1) is 14.7. The molecule has 1 saturated carbocycles. The van der Waals surface area contributed by atoms with Gasteiger partial charge in [-0.15, -0.1) is 0 Å². The molecule has 8 heteroatoms. The van der Waals surface area contributed by atoms with Crippen LogP contribution in [-0.4, -0.2) is 53.8 Å². The van der Waals surface area contributed by atoms with Gasteiger partial charge in [-0.1, -0.05) is 43.0 Å². The molecule has 31 heavy (non-hydrogen) atoms. The monoisotopic (exact) mass is 450 g/mol. The van der Waals surface area contributed by atoms with Crippen LogP contribution in [0.1, 0.15) is 58.4 Å². The van der Waals surface area contributed by atoms with Gasteiger partial charge in [-0.25, -0.2) is 9.80 Å². The van der Waals surface area contributed by atoms with Crippen LogP contribution in [0.4, 0.5) is 4.79 Å². The lowest BCUT2D eigenvalue weighted by Crippen LogP contribution is -2.67. The molecule has 0 bridgehead atoms. The largest absolute Gasteiger partial charge is 0.444 e. The normalized spacial score (nSPS) is 19.4. The zero-order chi connectivity index (χ0) is 22.4. The maximum Gasteiger partial charge on any atom is 0.408 e. The maximum atomic E-state index is 12.9. The summed E-state index contributed by atoms with van der Waals surface area (Å²) in [6.45, 7) is 6.91. The fourth-order valence-electron chi connectivity index (χ4n) is 4.03. The van der Waals surface area contributed by atoms with Crippen molar-refractivity contribution in [2.75, 3.05) is 13.1 Å². The second-order valence-corrected chi connectivity index (χ2v) is 10.0. The van der Waals surface area contributed by atoms with Crippen molar-refractivity contribution in [3.05, 3.63) is 34.9 Å². The molecule has 2 aliphatic rings. The van der Waals surface area contributed by atoms with E-state index in [1.54, 1.807) is 32.9 Å². The van der Waals surface area contributed by atoms with Crippen molar-refractivity contribution >= 4 is 23.6 Å². The second kappa shape index (κ2) is 10.7. The Morgan fingerprint density at radius 2 is 1.74 bits per heavy atom. The lowest BCUT2D eigenvalue weighted by Gasteiger charge is -2.42. The van der Waals surface area contributed by atoms with Gasteiger partial charge in [-0.3, -0.25) is 10.2 Å². The van der Waals surface area contributed by atoms with E-state index in [9.17, 15) is 9.59 Å². The predicted octanol–water partition coefficient (Wildman–Crippen LogP) is 3.41. The molecular formula is C23H35ClN4O3. The Balaban J connectivity index is 1.52. The molecule has 1 aliphatic heterocycles. The van der Waals surface area contributed by atoms with Gasteiger partial charge in [0.05, 0.1) is 0 Å². The highest BCUT2D eigenvalue weighted by molar-refractivity contribution is 6.30. The summed E-state index contributed by atoms with van der Waals surface area (Å²) >= 11 is 5.96. The molecule has 0 spiro atoms. The van der Waals surface area contributed by atoms with E-state index in [2.05, 4.69) is 16.1 Å². The number of hydrazine groups is 1. The van der Waals surface area contributed by atoms with Crippen LogP contribution in [-0.2, 0) is 16.0 Å². The molecule has 3 N–H and O–H groups in total. The third-order valence-electron chi connectivity index (χ3n) is 5.59. The molecular weight excluding hydrogens is 416 g/mol. The van der Waals surface area contributed by atoms with Crippen LogP contribution < -0.4 is 16.1 Å². The first-order valence-electron chi connectivity index (χ1n) is 11.2. The smallest absolute Gasteiger partial charge is 0.408 e. The highest BCUT2D eigenvalue weighted by Crippen LogP contribution is 2.19. The summed E-state index contributed by atoms with van der Waals surface area (Å²) in [6.07, 6.45) is 6.16. The molecule has 2 fully saturated rings. The average Bonchev–Trinajstić information content (AvgIpc) is 2.66. The van der Waals surface area contributed by atoms with Crippen LogP contribution in [0.2, 0.25) is 5.02 Å². The van der Waals surface area contributed by atoms with E-state index in [1.807, 2.05) is 17.1 Å². The van der Waals surface area contributed by atoms with Gasteiger partial charge in [-0.05, 0) is 51.3 Å². The summed E-state index contributed by atoms with van der Waals surface area (Å²) < 4.78 is 5.35. The molecule has 0 radical (unpaired) electrons. The average molecular weight is 451 g/mol. The number of amides is 2. The van der Waals surface area contributed by atoms with E-state index in [1.165, 1.54) is 32.1 Å². The van der Waals surface area contributed by atoms with Gasteiger partial charge in [0.25, 0.3) is 5.91 Å². The van der Waals surface area contributed by atoms with E-state index in [-0.39, 0.29) is 5.91 Å². The maximum absolute atomic E-state index is 12.9. The zero-order valence-electron chi connectivity index (χ0n) is 18.7. The van der Waals surface area contributed by atoms with E-state index in [4.69, 9.17) is 16.3 Å². The molecule has 1 heterocycles. The summed E-state index contributed by atoms with van der Waals surface area (Å²) in [4.78, 5) is 25.2. The Morgan fingerprint density at radius 3 is 2.35 bits per heavy atom.